The zero-order valence-corrected chi connectivity index (χ0v) is 11.7. The molecule has 1 unspecified atom stereocenters. The summed E-state index contributed by atoms with van der Waals surface area (Å²) >= 11 is 0. The van der Waals surface area contributed by atoms with Gasteiger partial charge < -0.3 is 4.74 Å². The van der Waals surface area contributed by atoms with E-state index in [4.69, 9.17) is 4.74 Å². The summed E-state index contributed by atoms with van der Waals surface area (Å²) in [5, 5.41) is 2.39. The van der Waals surface area contributed by atoms with Crippen molar-refractivity contribution in [3.8, 4) is 0 Å². The molecule has 3 rings (SSSR count). The van der Waals surface area contributed by atoms with Gasteiger partial charge in [-0.25, -0.2) is 0 Å². The average molecular weight is 268 g/mol. The Bertz CT molecular complexity index is 592. The first kappa shape index (κ1) is 13.3. The van der Waals surface area contributed by atoms with Gasteiger partial charge in [0.15, 0.2) is 0 Å². The van der Waals surface area contributed by atoms with E-state index in [1.165, 1.54) is 17.2 Å². The van der Waals surface area contributed by atoms with E-state index in [0.717, 1.165) is 25.0 Å². The van der Waals surface area contributed by atoms with E-state index in [1.807, 2.05) is 18.2 Å². The van der Waals surface area contributed by atoms with E-state index in [9.17, 15) is 4.79 Å². The van der Waals surface area contributed by atoms with Gasteiger partial charge in [-0.2, -0.15) is 0 Å². The lowest BCUT2D eigenvalue weighted by molar-refractivity contribution is -0.122. The molecule has 0 spiro atoms. The lowest BCUT2D eigenvalue weighted by Crippen LogP contribution is -2.23. The number of ketones is 1. The van der Waals surface area contributed by atoms with Gasteiger partial charge in [0.1, 0.15) is 5.78 Å². The van der Waals surface area contributed by atoms with Crippen molar-refractivity contribution >= 4 is 16.6 Å². The lowest BCUT2D eigenvalue weighted by Gasteiger charge is -2.21. The van der Waals surface area contributed by atoms with E-state index >= 15 is 0 Å². The molecule has 0 N–H and O–H groups in total. The molecule has 0 aromatic heterocycles. The van der Waals surface area contributed by atoms with Crippen molar-refractivity contribution in [2.24, 2.45) is 0 Å². The molecule has 0 radical (unpaired) electrons. The fourth-order valence-electron chi connectivity index (χ4n) is 2.95. The Morgan fingerprint density at radius 3 is 2.80 bits per heavy atom. The second-order valence-corrected chi connectivity index (χ2v) is 5.55. The van der Waals surface area contributed by atoms with Crippen LogP contribution in [0.2, 0.25) is 0 Å². The van der Waals surface area contributed by atoms with Crippen molar-refractivity contribution in [3.63, 3.8) is 0 Å². The van der Waals surface area contributed by atoms with Gasteiger partial charge in [0, 0.05) is 19.4 Å². The van der Waals surface area contributed by atoms with Crippen LogP contribution in [-0.4, -0.2) is 18.5 Å². The number of fused-ring (bicyclic) bond motifs is 1. The third-order valence-corrected chi connectivity index (χ3v) is 4.00. The molecular weight excluding hydrogens is 248 g/mol. The Morgan fingerprint density at radius 1 is 1.10 bits per heavy atom. The van der Waals surface area contributed by atoms with E-state index in [1.54, 1.807) is 0 Å². The largest absolute Gasteiger partial charge is 0.378 e. The molecule has 2 nitrogen and oxygen atoms in total. The molecular formula is C18H20O2. The van der Waals surface area contributed by atoms with Crippen LogP contribution in [0.1, 0.15) is 31.2 Å². The van der Waals surface area contributed by atoms with Crippen molar-refractivity contribution < 1.29 is 9.53 Å². The number of benzene rings is 2. The Hall–Kier alpha value is -1.67. The first-order valence-corrected chi connectivity index (χ1v) is 7.43. The maximum absolute atomic E-state index is 12.2. The van der Waals surface area contributed by atoms with Crippen LogP contribution in [0.15, 0.2) is 42.5 Å². The van der Waals surface area contributed by atoms with Gasteiger partial charge in [-0.05, 0) is 35.6 Å². The summed E-state index contributed by atoms with van der Waals surface area (Å²) in [7, 11) is 0. The molecule has 1 aliphatic heterocycles. The van der Waals surface area contributed by atoms with Gasteiger partial charge in [-0.3, -0.25) is 4.79 Å². The van der Waals surface area contributed by atoms with Gasteiger partial charge >= 0.3 is 0 Å². The number of ether oxygens (including phenoxy) is 1. The zero-order valence-electron chi connectivity index (χ0n) is 11.7. The SMILES string of the molecule is O=C(Cc1cccc2ccccc12)CC1CCCCO1. The summed E-state index contributed by atoms with van der Waals surface area (Å²) in [6, 6.07) is 14.4. The topological polar surface area (TPSA) is 26.3 Å². The monoisotopic (exact) mass is 268 g/mol. The second-order valence-electron chi connectivity index (χ2n) is 5.55. The quantitative estimate of drug-likeness (QED) is 0.840. The van der Waals surface area contributed by atoms with Crippen LogP contribution in [-0.2, 0) is 16.0 Å². The highest BCUT2D eigenvalue weighted by atomic mass is 16.5. The molecule has 20 heavy (non-hydrogen) atoms. The Morgan fingerprint density at radius 2 is 1.95 bits per heavy atom. The highest BCUT2D eigenvalue weighted by molar-refractivity contribution is 5.91. The van der Waals surface area contributed by atoms with E-state index in [-0.39, 0.29) is 11.9 Å². The van der Waals surface area contributed by atoms with Crippen LogP contribution in [0.25, 0.3) is 10.8 Å². The Labute approximate surface area is 119 Å². The van der Waals surface area contributed by atoms with Crippen LogP contribution in [0.5, 0.6) is 0 Å². The van der Waals surface area contributed by atoms with Crippen molar-refractivity contribution in [3.05, 3.63) is 48.0 Å². The zero-order chi connectivity index (χ0) is 13.8. The summed E-state index contributed by atoms with van der Waals surface area (Å²) in [6.07, 6.45) is 4.57. The molecule has 0 amide bonds. The number of hydrogen-bond donors (Lipinski definition) is 0. The second kappa shape index (κ2) is 6.19. The minimum Gasteiger partial charge on any atom is -0.378 e. The maximum atomic E-state index is 12.2. The lowest BCUT2D eigenvalue weighted by atomic mass is 9.97. The fraction of sp³-hybridized carbons (Fsp3) is 0.389. The summed E-state index contributed by atoms with van der Waals surface area (Å²) < 4.78 is 5.65. The molecule has 2 aromatic rings. The predicted molar refractivity (Wildman–Crippen MR) is 80.9 cm³/mol. The number of hydrogen-bond acceptors (Lipinski definition) is 2. The molecule has 1 fully saturated rings. The molecule has 0 saturated carbocycles. The van der Waals surface area contributed by atoms with Gasteiger partial charge in [0.05, 0.1) is 6.10 Å². The summed E-state index contributed by atoms with van der Waals surface area (Å²) in [5.41, 5.74) is 1.13. The molecule has 0 aliphatic carbocycles. The Balaban J connectivity index is 1.71. The summed E-state index contributed by atoms with van der Waals surface area (Å²) in [6.45, 7) is 0.812. The average Bonchev–Trinajstić information content (AvgIpc) is 2.48. The smallest absolute Gasteiger partial charge is 0.139 e. The molecule has 104 valence electrons. The summed E-state index contributed by atoms with van der Waals surface area (Å²) in [5.74, 6) is 0.285. The fourth-order valence-corrected chi connectivity index (χ4v) is 2.95. The number of rotatable bonds is 4. The normalized spacial score (nSPS) is 19.1. The summed E-state index contributed by atoms with van der Waals surface area (Å²) in [4.78, 5) is 12.2. The number of Topliss-reactive ketones (excluding diaryl/α,β-unsaturated/α-hetero) is 1. The van der Waals surface area contributed by atoms with Crippen molar-refractivity contribution in [2.75, 3.05) is 6.61 Å². The first-order chi connectivity index (χ1) is 9.83. The molecule has 0 bridgehead atoms. The minimum atomic E-state index is 0.145. The molecule has 1 heterocycles. The van der Waals surface area contributed by atoms with Crippen molar-refractivity contribution in [1.29, 1.82) is 0 Å². The van der Waals surface area contributed by atoms with Gasteiger partial charge in [0.2, 0.25) is 0 Å². The molecule has 1 atom stereocenters. The standard InChI is InChI=1S/C18H20O2/c19-16(13-17-9-3-4-11-20-17)12-15-8-5-7-14-6-1-2-10-18(14)15/h1-2,5-8,10,17H,3-4,9,11-13H2. The van der Waals surface area contributed by atoms with Crippen LogP contribution in [0.4, 0.5) is 0 Å². The number of carbonyl (C=O) groups excluding carboxylic acids is 1. The van der Waals surface area contributed by atoms with E-state index < -0.39 is 0 Å². The molecule has 1 saturated heterocycles. The molecule has 2 heteroatoms. The molecule has 1 aliphatic rings. The third-order valence-electron chi connectivity index (χ3n) is 4.00. The van der Waals surface area contributed by atoms with Crippen molar-refractivity contribution in [1.82, 2.24) is 0 Å². The van der Waals surface area contributed by atoms with Gasteiger partial charge in [-0.1, -0.05) is 42.5 Å². The number of carbonyl (C=O) groups is 1. The molecule has 2 aromatic carbocycles. The first-order valence-electron chi connectivity index (χ1n) is 7.43. The van der Waals surface area contributed by atoms with Crippen LogP contribution in [0.3, 0.4) is 0 Å². The highest BCUT2D eigenvalue weighted by Gasteiger charge is 2.18. The minimum absolute atomic E-state index is 0.145. The predicted octanol–water partition coefficient (Wildman–Crippen LogP) is 3.91. The van der Waals surface area contributed by atoms with E-state index in [0.29, 0.717) is 12.8 Å². The van der Waals surface area contributed by atoms with E-state index in [2.05, 4.69) is 24.3 Å². The van der Waals surface area contributed by atoms with Gasteiger partial charge in [-0.15, -0.1) is 0 Å². The highest BCUT2D eigenvalue weighted by Crippen LogP contribution is 2.21. The van der Waals surface area contributed by atoms with Gasteiger partial charge in [0.25, 0.3) is 0 Å². The van der Waals surface area contributed by atoms with Crippen LogP contribution >= 0.6 is 0 Å². The third kappa shape index (κ3) is 3.07. The Kier molecular flexibility index (Phi) is 4.12. The van der Waals surface area contributed by atoms with Crippen LogP contribution < -0.4 is 0 Å². The van der Waals surface area contributed by atoms with Crippen molar-refractivity contribution in [2.45, 2.75) is 38.2 Å². The van der Waals surface area contributed by atoms with Crippen LogP contribution in [0, 0.1) is 0 Å². The maximum Gasteiger partial charge on any atom is 0.139 e.